The third-order valence-electron chi connectivity index (χ3n) is 6.74. The van der Waals surface area contributed by atoms with Gasteiger partial charge in [0.2, 0.25) is 6.39 Å². The number of rotatable bonds is 5. The number of anilines is 1. The van der Waals surface area contributed by atoms with Crippen molar-refractivity contribution < 1.29 is 8.91 Å². The first-order chi connectivity index (χ1) is 15.7. The normalized spacial score (nSPS) is 22.9. The molecule has 2 atom stereocenters. The molecule has 0 spiro atoms. The van der Waals surface area contributed by atoms with Gasteiger partial charge in [0.15, 0.2) is 5.82 Å². The predicted molar refractivity (Wildman–Crippen MR) is 126 cm³/mol. The average Bonchev–Trinajstić information content (AvgIpc) is 3.37. The van der Waals surface area contributed by atoms with E-state index >= 15 is 4.39 Å². The SMILES string of the molecule is C[C@H]1CCC(c2ccccc2)SN1Cc1ccc(N2CCC(c3ncon3)CC2)cc1F. The highest BCUT2D eigenvalue weighted by Gasteiger charge is 2.28. The fraction of sp³-hybridized carbons (Fsp3) is 0.440. The van der Waals surface area contributed by atoms with E-state index in [0.717, 1.165) is 55.8 Å². The lowest BCUT2D eigenvalue weighted by molar-refractivity contribution is 0.317. The lowest BCUT2D eigenvalue weighted by Crippen LogP contribution is -2.33. The molecule has 7 heteroatoms. The van der Waals surface area contributed by atoms with Crippen molar-refractivity contribution in [2.24, 2.45) is 0 Å². The van der Waals surface area contributed by atoms with E-state index in [4.69, 9.17) is 4.52 Å². The molecule has 2 aliphatic heterocycles. The Morgan fingerprint density at radius 1 is 1.06 bits per heavy atom. The molecule has 2 aliphatic rings. The maximum atomic E-state index is 15.1. The molecular weight excluding hydrogens is 423 g/mol. The van der Waals surface area contributed by atoms with Crippen LogP contribution in [0.3, 0.4) is 0 Å². The summed E-state index contributed by atoms with van der Waals surface area (Å²) in [5.74, 6) is 0.995. The van der Waals surface area contributed by atoms with Gasteiger partial charge in [-0.3, -0.25) is 0 Å². The standard InChI is InChI=1S/C25H29FN4OS/c1-18-7-10-24(19-5-3-2-4-6-19)32-30(18)16-21-8-9-22(15-23(21)26)29-13-11-20(12-14-29)25-27-17-31-28-25/h2-6,8-9,15,17-18,20,24H,7,10-14,16H2,1H3/t18-,24?/m0/s1. The Labute approximate surface area is 193 Å². The van der Waals surface area contributed by atoms with E-state index in [1.54, 1.807) is 6.07 Å². The quantitative estimate of drug-likeness (QED) is 0.445. The summed E-state index contributed by atoms with van der Waals surface area (Å²) in [6.45, 7) is 4.61. The Kier molecular flexibility index (Phi) is 6.46. The van der Waals surface area contributed by atoms with Crippen molar-refractivity contribution in [1.82, 2.24) is 14.4 Å². The van der Waals surface area contributed by atoms with Crippen LogP contribution < -0.4 is 4.90 Å². The van der Waals surface area contributed by atoms with Crippen LogP contribution in [0.5, 0.6) is 0 Å². The largest absolute Gasteiger partial charge is 0.371 e. The van der Waals surface area contributed by atoms with Crippen molar-refractivity contribution in [3.63, 3.8) is 0 Å². The van der Waals surface area contributed by atoms with Crippen molar-refractivity contribution in [2.45, 2.75) is 56.4 Å². The van der Waals surface area contributed by atoms with Crippen LogP contribution in [0.4, 0.5) is 10.1 Å². The van der Waals surface area contributed by atoms with Gasteiger partial charge in [0.25, 0.3) is 0 Å². The number of benzene rings is 2. The van der Waals surface area contributed by atoms with E-state index in [2.05, 4.69) is 62.7 Å². The van der Waals surface area contributed by atoms with E-state index in [-0.39, 0.29) is 5.82 Å². The lowest BCUT2D eigenvalue weighted by atomic mass is 9.95. The van der Waals surface area contributed by atoms with Gasteiger partial charge in [0, 0.05) is 48.1 Å². The third-order valence-corrected chi connectivity index (χ3v) is 8.26. The summed E-state index contributed by atoms with van der Waals surface area (Å²) in [6.07, 6.45) is 5.58. The fourth-order valence-corrected chi connectivity index (χ4v) is 6.10. The van der Waals surface area contributed by atoms with Crippen LogP contribution in [0, 0.1) is 5.82 Å². The molecule has 5 nitrogen and oxygen atoms in total. The predicted octanol–water partition coefficient (Wildman–Crippen LogP) is 5.97. The molecule has 2 saturated heterocycles. The van der Waals surface area contributed by atoms with Gasteiger partial charge in [-0.25, -0.2) is 8.70 Å². The Bertz CT molecular complexity index is 1010. The van der Waals surface area contributed by atoms with Gasteiger partial charge in [0.05, 0.1) is 0 Å². The second kappa shape index (κ2) is 9.63. The van der Waals surface area contributed by atoms with Crippen molar-refractivity contribution in [2.75, 3.05) is 18.0 Å². The lowest BCUT2D eigenvalue weighted by Gasteiger charge is -2.37. The van der Waals surface area contributed by atoms with Gasteiger partial charge in [-0.2, -0.15) is 4.98 Å². The topological polar surface area (TPSA) is 45.4 Å². The summed E-state index contributed by atoms with van der Waals surface area (Å²) in [7, 11) is 0. The van der Waals surface area contributed by atoms with Crippen LogP contribution in [0.2, 0.25) is 0 Å². The van der Waals surface area contributed by atoms with E-state index in [9.17, 15) is 0 Å². The van der Waals surface area contributed by atoms with Gasteiger partial charge < -0.3 is 9.42 Å². The van der Waals surface area contributed by atoms with Crippen molar-refractivity contribution in [3.05, 3.63) is 77.7 Å². The molecular formula is C25H29FN4OS. The van der Waals surface area contributed by atoms with E-state index < -0.39 is 0 Å². The second-order valence-corrected chi connectivity index (χ2v) is 10.1. The fourth-order valence-electron chi connectivity index (χ4n) is 4.73. The van der Waals surface area contributed by atoms with Gasteiger partial charge in [0.1, 0.15) is 5.82 Å². The maximum Gasteiger partial charge on any atom is 0.213 e. The Morgan fingerprint density at radius 2 is 1.88 bits per heavy atom. The van der Waals surface area contributed by atoms with Crippen LogP contribution in [0.1, 0.15) is 60.7 Å². The van der Waals surface area contributed by atoms with Crippen LogP contribution in [-0.2, 0) is 6.54 Å². The smallest absolute Gasteiger partial charge is 0.213 e. The highest BCUT2D eigenvalue weighted by Crippen LogP contribution is 2.43. The summed E-state index contributed by atoms with van der Waals surface area (Å²) in [4.78, 5) is 6.44. The molecule has 3 aromatic rings. The molecule has 0 amide bonds. The summed E-state index contributed by atoms with van der Waals surface area (Å²) in [5.41, 5.74) is 3.08. The Balaban J connectivity index is 1.22. The molecule has 0 saturated carbocycles. The summed E-state index contributed by atoms with van der Waals surface area (Å²) in [5, 5.41) is 4.42. The molecule has 1 unspecified atom stereocenters. The van der Waals surface area contributed by atoms with Crippen LogP contribution in [0.25, 0.3) is 0 Å². The number of hydrogen-bond donors (Lipinski definition) is 0. The number of piperidine rings is 1. The second-order valence-electron chi connectivity index (χ2n) is 8.83. The minimum absolute atomic E-state index is 0.113. The van der Waals surface area contributed by atoms with Gasteiger partial charge in [-0.05, 0) is 50.3 Å². The van der Waals surface area contributed by atoms with Gasteiger partial charge in [-0.1, -0.05) is 53.5 Å². The summed E-state index contributed by atoms with van der Waals surface area (Å²) < 4.78 is 22.3. The van der Waals surface area contributed by atoms with Gasteiger partial charge >= 0.3 is 0 Å². The minimum atomic E-state index is -0.113. The van der Waals surface area contributed by atoms with E-state index in [1.165, 1.54) is 12.0 Å². The van der Waals surface area contributed by atoms with Gasteiger partial charge in [-0.15, -0.1) is 0 Å². The first kappa shape index (κ1) is 21.5. The third kappa shape index (κ3) is 4.69. The van der Waals surface area contributed by atoms with Crippen molar-refractivity contribution in [3.8, 4) is 0 Å². The highest BCUT2D eigenvalue weighted by molar-refractivity contribution is 7.97. The molecule has 32 heavy (non-hydrogen) atoms. The van der Waals surface area contributed by atoms with Crippen molar-refractivity contribution in [1.29, 1.82) is 0 Å². The highest BCUT2D eigenvalue weighted by atomic mass is 32.2. The molecule has 168 valence electrons. The maximum absolute atomic E-state index is 15.1. The van der Waals surface area contributed by atoms with E-state index in [0.29, 0.717) is 23.8 Å². The number of hydrogen-bond acceptors (Lipinski definition) is 6. The molecule has 0 N–H and O–H groups in total. The molecule has 2 aromatic carbocycles. The number of aromatic nitrogens is 2. The molecule has 0 aliphatic carbocycles. The monoisotopic (exact) mass is 452 g/mol. The Hall–Kier alpha value is -2.38. The van der Waals surface area contributed by atoms with E-state index in [1.807, 2.05) is 18.0 Å². The molecule has 0 radical (unpaired) electrons. The molecule has 2 fully saturated rings. The zero-order valence-electron chi connectivity index (χ0n) is 18.4. The molecule has 1 aromatic heterocycles. The molecule has 3 heterocycles. The average molecular weight is 453 g/mol. The molecule has 5 rings (SSSR count). The van der Waals surface area contributed by atoms with Crippen molar-refractivity contribution >= 4 is 17.6 Å². The van der Waals surface area contributed by atoms with Crippen LogP contribution in [0.15, 0.2) is 59.4 Å². The zero-order valence-corrected chi connectivity index (χ0v) is 19.2. The molecule has 0 bridgehead atoms. The summed E-state index contributed by atoms with van der Waals surface area (Å²) in [6, 6.07) is 16.8. The van der Waals surface area contributed by atoms with Crippen LogP contribution in [-0.4, -0.2) is 33.6 Å². The Morgan fingerprint density at radius 3 is 2.59 bits per heavy atom. The minimum Gasteiger partial charge on any atom is -0.371 e. The zero-order chi connectivity index (χ0) is 21.9. The first-order valence-corrected chi connectivity index (χ1v) is 12.3. The first-order valence-electron chi connectivity index (χ1n) is 11.5. The number of nitrogens with zero attached hydrogens (tertiary/aromatic N) is 4. The van der Waals surface area contributed by atoms with Crippen LogP contribution >= 0.6 is 11.9 Å². The number of halogens is 1. The summed E-state index contributed by atoms with van der Waals surface area (Å²) >= 11 is 1.86.